The summed E-state index contributed by atoms with van der Waals surface area (Å²) in [7, 11) is 4.27. The SMILES string of the molecule is CC(O)c1cccnc1N1CCC(CN(C)C)CC1. The van der Waals surface area contributed by atoms with Gasteiger partial charge in [0.2, 0.25) is 0 Å². The third-order valence-electron chi connectivity index (χ3n) is 3.80. The van der Waals surface area contributed by atoms with Crippen LogP contribution in [0, 0.1) is 5.92 Å². The summed E-state index contributed by atoms with van der Waals surface area (Å²) in [6, 6.07) is 3.86. The van der Waals surface area contributed by atoms with Crippen molar-refractivity contribution in [1.29, 1.82) is 0 Å². The average molecular weight is 263 g/mol. The van der Waals surface area contributed by atoms with E-state index in [0.717, 1.165) is 30.4 Å². The largest absolute Gasteiger partial charge is 0.389 e. The van der Waals surface area contributed by atoms with Crippen molar-refractivity contribution in [3.8, 4) is 0 Å². The van der Waals surface area contributed by atoms with E-state index in [2.05, 4.69) is 28.9 Å². The van der Waals surface area contributed by atoms with Crippen LogP contribution < -0.4 is 4.90 Å². The molecule has 1 aliphatic heterocycles. The van der Waals surface area contributed by atoms with Gasteiger partial charge < -0.3 is 14.9 Å². The second-order valence-corrected chi connectivity index (χ2v) is 5.78. The second kappa shape index (κ2) is 6.35. The van der Waals surface area contributed by atoms with Crippen molar-refractivity contribution in [2.75, 3.05) is 38.6 Å². The fraction of sp³-hybridized carbons (Fsp3) is 0.667. The summed E-state index contributed by atoms with van der Waals surface area (Å²) in [6.07, 6.45) is 3.76. The Morgan fingerprint density at radius 1 is 1.42 bits per heavy atom. The van der Waals surface area contributed by atoms with E-state index in [0.29, 0.717) is 0 Å². The van der Waals surface area contributed by atoms with Crippen LogP contribution in [-0.4, -0.2) is 48.7 Å². The van der Waals surface area contributed by atoms with Gasteiger partial charge in [0.25, 0.3) is 0 Å². The van der Waals surface area contributed by atoms with Crippen molar-refractivity contribution >= 4 is 5.82 Å². The minimum absolute atomic E-state index is 0.455. The fourth-order valence-electron chi connectivity index (χ4n) is 2.84. The first kappa shape index (κ1) is 14.3. The molecule has 1 saturated heterocycles. The molecule has 0 radical (unpaired) electrons. The monoisotopic (exact) mass is 263 g/mol. The Kier molecular flexibility index (Phi) is 4.77. The summed E-state index contributed by atoms with van der Waals surface area (Å²) in [5, 5.41) is 9.83. The summed E-state index contributed by atoms with van der Waals surface area (Å²) in [6.45, 7) is 5.04. The predicted octanol–water partition coefficient (Wildman–Crippen LogP) is 1.91. The number of aliphatic hydroxyl groups excluding tert-OH is 1. The standard InChI is InChI=1S/C15H25N3O/c1-12(19)14-5-4-8-16-15(14)18-9-6-13(7-10-18)11-17(2)3/h4-5,8,12-13,19H,6-7,9-11H2,1-3H3. The summed E-state index contributed by atoms with van der Waals surface area (Å²) in [5.74, 6) is 1.74. The Bertz CT molecular complexity index is 398. The lowest BCUT2D eigenvalue weighted by molar-refractivity contribution is 0.199. The number of aliphatic hydroxyl groups is 1. The van der Waals surface area contributed by atoms with Crippen LogP contribution in [0.3, 0.4) is 0 Å². The van der Waals surface area contributed by atoms with Gasteiger partial charge in [0.05, 0.1) is 6.10 Å². The number of anilines is 1. The first-order chi connectivity index (χ1) is 9.08. The fourth-order valence-corrected chi connectivity index (χ4v) is 2.84. The van der Waals surface area contributed by atoms with Crippen molar-refractivity contribution in [2.24, 2.45) is 5.92 Å². The Labute approximate surface area is 116 Å². The maximum absolute atomic E-state index is 9.83. The molecule has 1 aromatic heterocycles. The Balaban J connectivity index is 2.02. The van der Waals surface area contributed by atoms with Crippen LogP contribution in [0.4, 0.5) is 5.82 Å². The van der Waals surface area contributed by atoms with E-state index in [1.165, 1.54) is 19.4 Å². The van der Waals surface area contributed by atoms with E-state index in [1.54, 1.807) is 6.92 Å². The Morgan fingerprint density at radius 2 is 2.11 bits per heavy atom. The van der Waals surface area contributed by atoms with Gasteiger partial charge in [0.15, 0.2) is 0 Å². The molecule has 0 amide bonds. The number of hydrogen-bond donors (Lipinski definition) is 1. The summed E-state index contributed by atoms with van der Waals surface area (Å²) in [5.41, 5.74) is 0.938. The molecule has 4 heteroatoms. The molecule has 1 aromatic rings. The highest BCUT2D eigenvalue weighted by molar-refractivity contribution is 5.48. The van der Waals surface area contributed by atoms with Crippen molar-refractivity contribution in [2.45, 2.75) is 25.9 Å². The van der Waals surface area contributed by atoms with Crippen LogP contribution in [0.25, 0.3) is 0 Å². The van der Waals surface area contributed by atoms with E-state index in [-0.39, 0.29) is 0 Å². The number of piperidine rings is 1. The zero-order valence-corrected chi connectivity index (χ0v) is 12.2. The highest BCUT2D eigenvalue weighted by Gasteiger charge is 2.22. The van der Waals surface area contributed by atoms with Gasteiger partial charge in [-0.15, -0.1) is 0 Å². The van der Waals surface area contributed by atoms with Crippen LogP contribution in [0.15, 0.2) is 18.3 Å². The van der Waals surface area contributed by atoms with Gasteiger partial charge >= 0.3 is 0 Å². The van der Waals surface area contributed by atoms with Crippen molar-refractivity contribution in [3.63, 3.8) is 0 Å². The van der Waals surface area contributed by atoms with E-state index >= 15 is 0 Å². The minimum atomic E-state index is -0.455. The van der Waals surface area contributed by atoms with Crippen LogP contribution >= 0.6 is 0 Å². The zero-order valence-electron chi connectivity index (χ0n) is 12.2. The molecule has 1 atom stereocenters. The normalized spacial score (nSPS) is 18.9. The third-order valence-corrected chi connectivity index (χ3v) is 3.80. The van der Waals surface area contributed by atoms with Gasteiger partial charge in [0.1, 0.15) is 5.82 Å². The smallest absolute Gasteiger partial charge is 0.134 e. The van der Waals surface area contributed by atoms with Crippen LogP contribution in [0.5, 0.6) is 0 Å². The molecule has 106 valence electrons. The lowest BCUT2D eigenvalue weighted by Gasteiger charge is -2.35. The molecule has 0 spiro atoms. The van der Waals surface area contributed by atoms with E-state index in [1.807, 2.05) is 18.3 Å². The van der Waals surface area contributed by atoms with Gasteiger partial charge in [-0.05, 0) is 45.8 Å². The molecule has 2 heterocycles. The molecule has 19 heavy (non-hydrogen) atoms. The number of aromatic nitrogens is 1. The van der Waals surface area contributed by atoms with Gasteiger partial charge in [-0.2, -0.15) is 0 Å². The zero-order chi connectivity index (χ0) is 13.8. The molecule has 0 bridgehead atoms. The van der Waals surface area contributed by atoms with E-state index < -0.39 is 6.10 Å². The molecular weight excluding hydrogens is 238 g/mol. The van der Waals surface area contributed by atoms with Crippen LogP contribution in [0.1, 0.15) is 31.4 Å². The van der Waals surface area contributed by atoms with Gasteiger partial charge in [0, 0.05) is 31.4 Å². The number of nitrogens with zero attached hydrogens (tertiary/aromatic N) is 3. The van der Waals surface area contributed by atoms with Gasteiger partial charge in [-0.3, -0.25) is 0 Å². The first-order valence-electron chi connectivity index (χ1n) is 7.10. The molecule has 0 saturated carbocycles. The number of pyridine rings is 1. The number of hydrogen-bond acceptors (Lipinski definition) is 4. The average Bonchev–Trinajstić information content (AvgIpc) is 2.39. The first-order valence-corrected chi connectivity index (χ1v) is 7.10. The van der Waals surface area contributed by atoms with Gasteiger partial charge in [-0.25, -0.2) is 4.98 Å². The molecule has 0 aliphatic carbocycles. The van der Waals surface area contributed by atoms with E-state index in [4.69, 9.17) is 0 Å². The quantitative estimate of drug-likeness (QED) is 0.901. The lowest BCUT2D eigenvalue weighted by atomic mass is 9.96. The molecule has 1 aliphatic rings. The van der Waals surface area contributed by atoms with Crippen molar-refractivity contribution in [1.82, 2.24) is 9.88 Å². The van der Waals surface area contributed by atoms with Crippen molar-refractivity contribution < 1.29 is 5.11 Å². The maximum Gasteiger partial charge on any atom is 0.134 e. The molecule has 1 N–H and O–H groups in total. The Morgan fingerprint density at radius 3 is 2.68 bits per heavy atom. The molecule has 4 nitrogen and oxygen atoms in total. The summed E-state index contributed by atoms with van der Waals surface area (Å²) >= 11 is 0. The van der Waals surface area contributed by atoms with Crippen LogP contribution in [-0.2, 0) is 0 Å². The highest BCUT2D eigenvalue weighted by Crippen LogP contribution is 2.27. The third kappa shape index (κ3) is 3.67. The molecule has 2 rings (SSSR count). The lowest BCUT2D eigenvalue weighted by Crippen LogP contribution is -2.38. The number of rotatable bonds is 4. The Hall–Kier alpha value is -1.13. The topological polar surface area (TPSA) is 39.6 Å². The molecule has 1 unspecified atom stereocenters. The highest BCUT2D eigenvalue weighted by atomic mass is 16.3. The molecule has 1 fully saturated rings. The minimum Gasteiger partial charge on any atom is -0.389 e. The summed E-state index contributed by atoms with van der Waals surface area (Å²) in [4.78, 5) is 9.04. The molecule has 0 aromatic carbocycles. The van der Waals surface area contributed by atoms with E-state index in [9.17, 15) is 5.11 Å². The maximum atomic E-state index is 9.83. The van der Waals surface area contributed by atoms with Crippen molar-refractivity contribution in [3.05, 3.63) is 23.9 Å². The predicted molar refractivity (Wildman–Crippen MR) is 78.4 cm³/mol. The van der Waals surface area contributed by atoms with Gasteiger partial charge in [-0.1, -0.05) is 6.07 Å². The molecular formula is C15H25N3O. The summed E-state index contributed by atoms with van der Waals surface area (Å²) < 4.78 is 0. The second-order valence-electron chi connectivity index (χ2n) is 5.78. The van der Waals surface area contributed by atoms with Crippen LogP contribution in [0.2, 0.25) is 0 Å².